The smallest absolute Gasteiger partial charge is 0.317 e. The van der Waals surface area contributed by atoms with Crippen molar-refractivity contribution in [3.05, 3.63) is 35.9 Å². The van der Waals surface area contributed by atoms with E-state index in [1.54, 1.807) is 16.7 Å². The summed E-state index contributed by atoms with van der Waals surface area (Å²) >= 11 is 1.56. The third-order valence-electron chi connectivity index (χ3n) is 4.46. The monoisotopic (exact) mass is 349 g/mol. The third kappa shape index (κ3) is 5.74. The normalized spacial score (nSPS) is 16.6. The number of urea groups is 1. The first-order valence-corrected chi connectivity index (χ1v) is 9.78. The van der Waals surface area contributed by atoms with Gasteiger partial charge in [0.15, 0.2) is 0 Å². The minimum atomic E-state index is -1.21. The molecule has 1 atom stereocenters. The molecule has 0 bridgehead atoms. The predicted octanol–water partition coefficient (Wildman–Crippen LogP) is 1.52. The fourth-order valence-electron chi connectivity index (χ4n) is 3.01. The van der Waals surface area contributed by atoms with Crippen LogP contribution in [-0.4, -0.2) is 48.0 Å². The van der Waals surface area contributed by atoms with E-state index in [0.717, 1.165) is 19.3 Å². The average molecular weight is 349 g/mol. The quantitative estimate of drug-likeness (QED) is 0.810. The summed E-state index contributed by atoms with van der Waals surface area (Å²) in [6, 6.07) is 9.18. The van der Waals surface area contributed by atoms with Crippen molar-refractivity contribution in [1.29, 1.82) is 0 Å². The molecule has 1 aromatic carbocycles. The fourth-order valence-corrected chi connectivity index (χ4v) is 3.48. The molecule has 6 heteroatoms. The second kappa shape index (κ2) is 9.57. The van der Waals surface area contributed by atoms with E-state index in [1.807, 2.05) is 24.5 Å². The number of thioether (sulfide) groups is 1. The first-order valence-electron chi connectivity index (χ1n) is 8.39. The topological polar surface area (TPSA) is 72.5 Å². The Balaban J connectivity index is 1.78. The Morgan fingerprint density at radius 1 is 1.29 bits per heavy atom. The summed E-state index contributed by atoms with van der Waals surface area (Å²) in [4.78, 5) is 25.1. The van der Waals surface area contributed by atoms with Crippen molar-refractivity contribution >= 4 is 23.8 Å². The van der Waals surface area contributed by atoms with Crippen LogP contribution in [0.25, 0.3) is 0 Å². The van der Waals surface area contributed by atoms with Gasteiger partial charge in [0, 0.05) is 13.1 Å². The van der Waals surface area contributed by atoms with E-state index in [4.69, 9.17) is 0 Å². The Bertz CT molecular complexity index is 530. The molecular formula is C18H25N2O3S-. The molecule has 0 saturated carbocycles. The van der Waals surface area contributed by atoms with Gasteiger partial charge in [-0.1, -0.05) is 30.3 Å². The van der Waals surface area contributed by atoms with Crippen molar-refractivity contribution in [2.45, 2.75) is 31.7 Å². The number of benzene rings is 1. The maximum Gasteiger partial charge on any atom is 0.317 e. The lowest BCUT2D eigenvalue weighted by atomic mass is 9.90. The van der Waals surface area contributed by atoms with Crippen LogP contribution in [0.3, 0.4) is 0 Å². The number of aliphatic carboxylic acids is 1. The number of hydrogen-bond acceptors (Lipinski definition) is 4. The minimum absolute atomic E-state index is 0.288. The number of carboxylic acid groups (broad SMARTS) is 1. The maximum absolute atomic E-state index is 12.3. The molecule has 1 aromatic rings. The summed E-state index contributed by atoms with van der Waals surface area (Å²) in [7, 11) is 0. The molecule has 0 aliphatic carbocycles. The van der Waals surface area contributed by atoms with E-state index in [0.29, 0.717) is 31.2 Å². The number of carbonyl (C=O) groups excluding carboxylic acids is 2. The van der Waals surface area contributed by atoms with Crippen LogP contribution in [-0.2, 0) is 11.2 Å². The second-order valence-electron chi connectivity index (χ2n) is 6.22. The molecule has 1 N–H and O–H groups in total. The Morgan fingerprint density at radius 3 is 2.54 bits per heavy atom. The summed E-state index contributed by atoms with van der Waals surface area (Å²) in [6.07, 6.45) is 5.23. The Hall–Kier alpha value is -1.69. The largest absolute Gasteiger partial charge is 0.548 e. The Morgan fingerprint density at radius 2 is 1.96 bits per heavy atom. The van der Waals surface area contributed by atoms with Crippen LogP contribution in [0.5, 0.6) is 0 Å². The van der Waals surface area contributed by atoms with Gasteiger partial charge in [-0.25, -0.2) is 4.79 Å². The van der Waals surface area contributed by atoms with Crippen molar-refractivity contribution < 1.29 is 14.7 Å². The number of amides is 2. The number of nitrogens with one attached hydrogen (secondary N) is 1. The van der Waals surface area contributed by atoms with Gasteiger partial charge in [-0.2, -0.15) is 11.8 Å². The Kier molecular flexibility index (Phi) is 7.43. The molecule has 1 fully saturated rings. The van der Waals surface area contributed by atoms with Crippen LogP contribution >= 0.6 is 11.8 Å². The summed E-state index contributed by atoms with van der Waals surface area (Å²) < 4.78 is 0. The lowest BCUT2D eigenvalue weighted by molar-refractivity contribution is -0.308. The summed E-state index contributed by atoms with van der Waals surface area (Å²) in [5.74, 6) is 0.0409. The van der Waals surface area contributed by atoms with Gasteiger partial charge < -0.3 is 20.1 Å². The zero-order valence-electron chi connectivity index (χ0n) is 14.1. The van der Waals surface area contributed by atoms with Crippen LogP contribution in [0.15, 0.2) is 30.3 Å². The fraction of sp³-hybridized carbons (Fsp3) is 0.556. The van der Waals surface area contributed by atoms with Crippen LogP contribution in [0, 0.1) is 5.92 Å². The zero-order chi connectivity index (χ0) is 17.4. The van der Waals surface area contributed by atoms with Gasteiger partial charge in [0.1, 0.15) is 0 Å². The molecule has 0 unspecified atom stereocenters. The van der Waals surface area contributed by atoms with Crippen LogP contribution in [0.1, 0.15) is 24.8 Å². The van der Waals surface area contributed by atoms with Gasteiger partial charge in [-0.05, 0) is 49.2 Å². The standard InChI is InChI=1S/C18H26N2O3S/c1-24-12-9-16(17(21)22)19-18(23)20-10-7-15(8-11-20)13-14-5-3-2-4-6-14/h2-6,15-16H,7-13H2,1H3,(H,19,23)(H,21,22)/p-1/t16-/m0/s1. The number of carboxylic acids is 1. The highest BCUT2D eigenvalue weighted by Gasteiger charge is 2.24. The molecular weight excluding hydrogens is 324 g/mol. The number of nitrogens with zero attached hydrogens (tertiary/aromatic N) is 1. The third-order valence-corrected chi connectivity index (χ3v) is 5.11. The molecule has 2 amide bonds. The molecule has 0 radical (unpaired) electrons. The van der Waals surface area contributed by atoms with Crippen LogP contribution < -0.4 is 10.4 Å². The van der Waals surface area contributed by atoms with E-state index in [2.05, 4.69) is 17.4 Å². The van der Waals surface area contributed by atoms with Gasteiger partial charge in [0.2, 0.25) is 0 Å². The lowest BCUT2D eigenvalue weighted by Crippen LogP contribution is -2.53. The van der Waals surface area contributed by atoms with Crippen LogP contribution in [0.2, 0.25) is 0 Å². The van der Waals surface area contributed by atoms with Gasteiger partial charge in [-0.3, -0.25) is 0 Å². The van der Waals surface area contributed by atoms with Gasteiger partial charge in [0.05, 0.1) is 12.0 Å². The molecule has 1 saturated heterocycles. The van der Waals surface area contributed by atoms with Gasteiger partial charge >= 0.3 is 6.03 Å². The van der Waals surface area contributed by atoms with Crippen molar-refractivity contribution in [2.24, 2.45) is 5.92 Å². The molecule has 1 aliphatic heterocycles. The van der Waals surface area contributed by atoms with Crippen molar-refractivity contribution in [1.82, 2.24) is 10.2 Å². The first-order chi connectivity index (χ1) is 11.6. The summed E-state index contributed by atoms with van der Waals surface area (Å²) in [6.45, 7) is 1.34. The highest BCUT2D eigenvalue weighted by Crippen LogP contribution is 2.21. The number of carbonyl (C=O) groups is 2. The minimum Gasteiger partial charge on any atom is -0.548 e. The maximum atomic E-state index is 12.3. The summed E-state index contributed by atoms with van der Waals surface area (Å²) in [5, 5.41) is 13.7. The van der Waals surface area contributed by atoms with Crippen molar-refractivity contribution in [3.8, 4) is 0 Å². The molecule has 1 heterocycles. The average Bonchev–Trinajstić information content (AvgIpc) is 2.59. The number of piperidine rings is 1. The number of hydrogen-bond donors (Lipinski definition) is 1. The number of rotatable bonds is 7. The molecule has 2 rings (SSSR count). The highest BCUT2D eigenvalue weighted by atomic mass is 32.2. The van der Waals surface area contributed by atoms with Crippen molar-refractivity contribution in [2.75, 3.05) is 25.1 Å². The lowest BCUT2D eigenvalue weighted by Gasteiger charge is -2.33. The van der Waals surface area contributed by atoms with E-state index >= 15 is 0 Å². The molecule has 5 nitrogen and oxygen atoms in total. The first kappa shape index (κ1) is 18.6. The zero-order valence-corrected chi connectivity index (χ0v) is 14.9. The van der Waals surface area contributed by atoms with Gasteiger partial charge in [0.25, 0.3) is 0 Å². The molecule has 0 aromatic heterocycles. The van der Waals surface area contributed by atoms with E-state index in [-0.39, 0.29) is 6.03 Å². The van der Waals surface area contributed by atoms with E-state index in [9.17, 15) is 14.7 Å². The van der Waals surface area contributed by atoms with Gasteiger partial charge in [-0.15, -0.1) is 0 Å². The molecule has 24 heavy (non-hydrogen) atoms. The Labute approximate surface area is 147 Å². The number of likely N-dealkylation sites (tertiary alicyclic amines) is 1. The van der Waals surface area contributed by atoms with Crippen molar-refractivity contribution in [3.63, 3.8) is 0 Å². The van der Waals surface area contributed by atoms with E-state index in [1.165, 1.54) is 5.56 Å². The predicted molar refractivity (Wildman–Crippen MR) is 94.8 cm³/mol. The second-order valence-corrected chi connectivity index (χ2v) is 7.21. The molecule has 132 valence electrons. The molecule has 1 aliphatic rings. The SMILES string of the molecule is CSCC[C@H](NC(=O)N1CCC(Cc2ccccc2)CC1)C(=O)[O-]. The molecule has 0 spiro atoms. The highest BCUT2D eigenvalue weighted by molar-refractivity contribution is 7.98. The van der Waals surface area contributed by atoms with E-state index < -0.39 is 12.0 Å². The summed E-state index contributed by atoms with van der Waals surface area (Å²) in [5.41, 5.74) is 1.33. The van der Waals surface area contributed by atoms with Crippen LogP contribution in [0.4, 0.5) is 4.79 Å².